The summed E-state index contributed by atoms with van der Waals surface area (Å²) in [6, 6.07) is 13.5. The first-order valence-electron chi connectivity index (χ1n) is 6.11. The molecule has 0 aromatic heterocycles. The zero-order chi connectivity index (χ0) is 13.1. The summed E-state index contributed by atoms with van der Waals surface area (Å²) < 4.78 is 13.1. The molecule has 0 aliphatic heterocycles. The van der Waals surface area contributed by atoms with E-state index in [1.807, 2.05) is 20.0 Å². The fourth-order valence-corrected chi connectivity index (χ4v) is 2.22. The van der Waals surface area contributed by atoms with E-state index in [2.05, 4.69) is 36.5 Å². The van der Waals surface area contributed by atoms with Gasteiger partial charge in [-0.1, -0.05) is 35.9 Å². The highest BCUT2D eigenvalue weighted by molar-refractivity contribution is 5.37. The first kappa shape index (κ1) is 12.8. The number of rotatable bonds is 3. The van der Waals surface area contributed by atoms with E-state index in [0.717, 1.165) is 11.1 Å². The smallest absolute Gasteiger partial charge is 0.123 e. The van der Waals surface area contributed by atoms with Gasteiger partial charge in [0.1, 0.15) is 5.82 Å². The molecule has 2 rings (SSSR count). The summed E-state index contributed by atoms with van der Waals surface area (Å²) in [5.74, 6) is -0.185. The van der Waals surface area contributed by atoms with Gasteiger partial charge in [-0.2, -0.15) is 0 Å². The SMILES string of the molecule is CNC(c1ccc(C)cc1)c1ccc(F)cc1C. The molecular weight excluding hydrogens is 225 g/mol. The average molecular weight is 243 g/mol. The van der Waals surface area contributed by atoms with Gasteiger partial charge in [0.05, 0.1) is 6.04 Å². The molecule has 2 aromatic rings. The minimum Gasteiger partial charge on any atom is -0.309 e. The molecule has 0 aliphatic rings. The van der Waals surface area contributed by atoms with E-state index >= 15 is 0 Å². The molecule has 0 saturated heterocycles. The molecule has 0 radical (unpaired) electrons. The van der Waals surface area contributed by atoms with Gasteiger partial charge < -0.3 is 5.32 Å². The van der Waals surface area contributed by atoms with Crippen molar-refractivity contribution in [1.82, 2.24) is 5.32 Å². The number of hydrogen-bond acceptors (Lipinski definition) is 1. The molecule has 94 valence electrons. The third kappa shape index (κ3) is 2.59. The quantitative estimate of drug-likeness (QED) is 0.865. The second-order valence-electron chi connectivity index (χ2n) is 4.63. The predicted octanol–water partition coefficient (Wildman–Crippen LogP) is 3.75. The Morgan fingerprint density at radius 2 is 1.67 bits per heavy atom. The van der Waals surface area contributed by atoms with Crippen LogP contribution < -0.4 is 5.32 Å². The molecule has 0 saturated carbocycles. The molecule has 0 fully saturated rings. The first-order valence-corrected chi connectivity index (χ1v) is 6.11. The highest BCUT2D eigenvalue weighted by Gasteiger charge is 2.14. The molecule has 2 aromatic carbocycles. The molecule has 1 N–H and O–H groups in total. The highest BCUT2D eigenvalue weighted by atomic mass is 19.1. The molecule has 0 heterocycles. The largest absolute Gasteiger partial charge is 0.309 e. The van der Waals surface area contributed by atoms with Crippen LogP contribution in [0.5, 0.6) is 0 Å². The van der Waals surface area contributed by atoms with Crippen LogP contribution in [0.25, 0.3) is 0 Å². The standard InChI is InChI=1S/C16H18FN/c1-11-4-6-13(7-5-11)16(18-3)15-9-8-14(17)10-12(15)2/h4-10,16,18H,1-3H3. The summed E-state index contributed by atoms with van der Waals surface area (Å²) in [5.41, 5.74) is 4.51. The van der Waals surface area contributed by atoms with Crippen LogP contribution in [0.15, 0.2) is 42.5 Å². The summed E-state index contributed by atoms with van der Waals surface area (Å²) in [5, 5.41) is 3.29. The first-order chi connectivity index (χ1) is 8.61. The van der Waals surface area contributed by atoms with E-state index in [4.69, 9.17) is 0 Å². The number of aryl methyl sites for hydroxylation is 2. The summed E-state index contributed by atoms with van der Waals surface area (Å²) in [6.07, 6.45) is 0. The van der Waals surface area contributed by atoms with Crippen molar-refractivity contribution in [2.75, 3.05) is 7.05 Å². The molecule has 0 aliphatic carbocycles. The van der Waals surface area contributed by atoms with Crippen molar-refractivity contribution in [2.45, 2.75) is 19.9 Å². The highest BCUT2D eigenvalue weighted by Crippen LogP contribution is 2.25. The monoisotopic (exact) mass is 243 g/mol. The Kier molecular flexibility index (Phi) is 3.78. The van der Waals surface area contributed by atoms with Crippen molar-refractivity contribution in [3.8, 4) is 0 Å². The second-order valence-corrected chi connectivity index (χ2v) is 4.63. The van der Waals surface area contributed by atoms with Crippen molar-refractivity contribution in [1.29, 1.82) is 0 Å². The third-order valence-corrected chi connectivity index (χ3v) is 3.24. The Balaban J connectivity index is 2.41. The van der Waals surface area contributed by atoms with Gasteiger partial charge in [0, 0.05) is 0 Å². The summed E-state index contributed by atoms with van der Waals surface area (Å²) in [7, 11) is 1.92. The number of benzene rings is 2. The van der Waals surface area contributed by atoms with Crippen LogP contribution in [0.2, 0.25) is 0 Å². The van der Waals surface area contributed by atoms with E-state index in [9.17, 15) is 4.39 Å². The van der Waals surface area contributed by atoms with E-state index in [-0.39, 0.29) is 11.9 Å². The predicted molar refractivity (Wildman–Crippen MR) is 73.2 cm³/mol. The molecule has 0 spiro atoms. The Morgan fingerprint density at radius 1 is 1.00 bits per heavy atom. The summed E-state index contributed by atoms with van der Waals surface area (Å²) >= 11 is 0. The van der Waals surface area contributed by atoms with Crippen LogP contribution in [0.3, 0.4) is 0 Å². The molecule has 0 bridgehead atoms. The van der Waals surface area contributed by atoms with Crippen LogP contribution in [0, 0.1) is 19.7 Å². The van der Waals surface area contributed by atoms with Crippen LogP contribution in [0.4, 0.5) is 4.39 Å². The van der Waals surface area contributed by atoms with Crippen molar-refractivity contribution < 1.29 is 4.39 Å². The lowest BCUT2D eigenvalue weighted by Crippen LogP contribution is -2.18. The maximum atomic E-state index is 13.1. The molecule has 1 atom stereocenters. The lowest BCUT2D eigenvalue weighted by molar-refractivity contribution is 0.621. The fourth-order valence-electron chi connectivity index (χ4n) is 2.22. The zero-order valence-electron chi connectivity index (χ0n) is 11.0. The fraction of sp³-hybridized carbons (Fsp3) is 0.250. The van der Waals surface area contributed by atoms with Gasteiger partial charge in [-0.15, -0.1) is 0 Å². The summed E-state index contributed by atoms with van der Waals surface area (Å²) in [4.78, 5) is 0. The van der Waals surface area contributed by atoms with Crippen molar-refractivity contribution in [3.05, 3.63) is 70.5 Å². The van der Waals surface area contributed by atoms with Crippen molar-refractivity contribution >= 4 is 0 Å². The van der Waals surface area contributed by atoms with Gasteiger partial charge >= 0.3 is 0 Å². The van der Waals surface area contributed by atoms with Crippen molar-refractivity contribution in [2.24, 2.45) is 0 Å². The maximum Gasteiger partial charge on any atom is 0.123 e. The molecule has 1 nitrogen and oxygen atoms in total. The number of halogens is 1. The van der Waals surface area contributed by atoms with E-state index in [1.54, 1.807) is 6.07 Å². The molecule has 0 amide bonds. The average Bonchev–Trinajstić information content (AvgIpc) is 2.35. The van der Waals surface area contributed by atoms with Gasteiger partial charge in [0.2, 0.25) is 0 Å². The van der Waals surface area contributed by atoms with E-state index in [1.165, 1.54) is 17.2 Å². The van der Waals surface area contributed by atoms with Crippen LogP contribution in [0.1, 0.15) is 28.3 Å². The Hall–Kier alpha value is -1.67. The normalized spacial score (nSPS) is 12.4. The van der Waals surface area contributed by atoms with Gasteiger partial charge in [-0.25, -0.2) is 4.39 Å². The second kappa shape index (κ2) is 5.32. The molecule has 1 unspecified atom stereocenters. The minimum absolute atomic E-state index is 0.103. The number of hydrogen-bond donors (Lipinski definition) is 1. The zero-order valence-corrected chi connectivity index (χ0v) is 11.0. The van der Waals surface area contributed by atoms with Gasteiger partial charge in [-0.05, 0) is 49.7 Å². The van der Waals surface area contributed by atoms with Crippen LogP contribution >= 0.6 is 0 Å². The van der Waals surface area contributed by atoms with Crippen LogP contribution in [-0.4, -0.2) is 7.05 Å². The lowest BCUT2D eigenvalue weighted by Gasteiger charge is -2.19. The number of nitrogens with one attached hydrogen (secondary N) is 1. The Morgan fingerprint density at radius 3 is 2.22 bits per heavy atom. The van der Waals surface area contributed by atoms with E-state index in [0.29, 0.717) is 0 Å². The Bertz CT molecular complexity index is 531. The Labute approximate surface area is 108 Å². The van der Waals surface area contributed by atoms with Gasteiger partial charge in [-0.3, -0.25) is 0 Å². The molecule has 2 heteroatoms. The molecule has 18 heavy (non-hydrogen) atoms. The third-order valence-electron chi connectivity index (χ3n) is 3.24. The lowest BCUT2D eigenvalue weighted by atomic mass is 9.94. The van der Waals surface area contributed by atoms with E-state index < -0.39 is 0 Å². The van der Waals surface area contributed by atoms with Crippen LogP contribution in [-0.2, 0) is 0 Å². The minimum atomic E-state index is -0.185. The van der Waals surface area contributed by atoms with Gasteiger partial charge in [0.15, 0.2) is 0 Å². The molecular formula is C16H18FN. The van der Waals surface area contributed by atoms with Gasteiger partial charge in [0.25, 0.3) is 0 Å². The summed E-state index contributed by atoms with van der Waals surface area (Å²) in [6.45, 7) is 4.01. The van der Waals surface area contributed by atoms with Crippen molar-refractivity contribution in [3.63, 3.8) is 0 Å². The topological polar surface area (TPSA) is 12.0 Å². The maximum absolute atomic E-state index is 13.1.